The van der Waals surface area contributed by atoms with Gasteiger partial charge in [0.25, 0.3) is 5.91 Å². The number of nitrogens with one attached hydrogen (secondary N) is 1. The quantitative estimate of drug-likeness (QED) is 0.897. The van der Waals surface area contributed by atoms with Crippen molar-refractivity contribution in [2.24, 2.45) is 5.73 Å². The number of carbonyl (C=O) groups is 1. The summed E-state index contributed by atoms with van der Waals surface area (Å²) >= 11 is 0. The Kier molecular flexibility index (Phi) is 4.96. The van der Waals surface area contributed by atoms with Crippen molar-refractivity contribution in [1.29, 1.82) is 0 Å². The molecule has 1 aliphatic carbocycles. The van der Waals surface area contributed by atoms with Crippen LogP contribution in [0.5, 0.6) is 11.5 Å². The topological polar surface area (TPSA) is 73.6 Å². The maximum Gasteiger partial charge on any atom is 0.251 e. The SMILES string of the molecule is Cl.NC1(CNC(=O)c2ccc3c(c2)OCO3)CCCCC1. The Hall–Kier alpha value is -1.46. The van der Waals surface area contributed by atoms with E-state index in [1.165, 1.54) is 6.42 Å². The summed E-state index contributed by atoms with van der Waals surface area (Å²) in [6.45, 7) is 0.743. The first-order chi connectivity index (χ1) is 9.66. The number of rotatable bonds is 3. The number of ether oxygens (including phenoxy) is 2. The predicted octanol–water partition coefficient (Wildman–Crippen LogP) is 2.23. The van der Waals surface area contributed by atoms with Gasteiger partial charge >= 0.3 is 0 Å². The lowest BCUT2D eigenvalue weighted by Gasteiger charge is -2.33. The summed E-state index contributed by atoms with van der Waals surface area (Å²) < 4.78 is 10.5. The van der Waals surface area contributed by atoms with Gasteiger partial charge in [0.15, 0.2) is 11.5 Å². The van der Waals surface area contributed by atoms with E-state index in [4.69, 9.17) is 15.2 Å². The van der Waals surface area contributed by atoms with Gasteiger partial charge in [0.2, 0.25) is 6.79 Å². The molecule has 0 radical (unpaired) electrons. The zero-order chi connectivity index (χ0) is 14.0. The summed E-state index contributed by atoms with van der Waals surface area (Å²) in [6.07, 6.45) is 5.50. The van der Waals surface area contributed by atoms with Crippen molar-refractivity contribution < 1.29 is 14.3 Å². The Bertz CT molecular complexity index is 516. The average molecular weight is 313 g/mol. The minimum Gasteiger partial charge on any atom is -0.454 e. The molecule has 1 aliphatic heterocycles. The van der Waals surface area contributed by atoms with Crippen LogP contribution in [0.4, 0.5) is 0 Å². The number of carbonyl (C=O) groups excluding carboxylic acids is 1. The van der Waals surface area contributed by atoms with Crippen LogP contribution in [0.25, 0.3) is 0 Å². The van der Waals surface area contributed by atoms with Crippen molar-refractivity contribution in [3.8, 4) is 11.5 Å². The molecule has 0 atom stereocenters. The first-order valence-corrected chi connectivity index (χ1v) is 7.13. The van der Waals surface area contributed by atoms with Crippen LogP contribution in [0.2, 0.25) is 0 Å². The van der Waals surface area contributed by atoms with E-state index in [2.05, 4.69) is 5.32 Å². The molecule has 1 amide bonds. The molecular weight excluding hydrogens is 292 g/mol. The van der Waals surface area contributed by atoms with Crippen LogP contribution in [-0.2, 0) is 0 Å². The van der Waals surface area contributed by atoms with Gasteiger partial charge in [-0.2, -0.15) is 0 Å². The fourth-order valence-corrected chi connectivity index (χ4v) is 2.83. The highest BCUT2D eigenvalue weighted by Crippen LogP contribution is 2.32. The molecule has 1 saturated carbocycles. The molecule has 0 aromatic heterocycles. The molecule has 116 valence electrons. The van der Waals surface area contributed by atoms with Gasteiger partial charge in [0.1, 0.15) is 0 Å². The molecule has 1 aromatic rings. The summed E-state index contributed by atoms with van der Waals surface area (Å²) in [7, 11) is 0. The van der Waals surface area contributed by atoms with Crippen LogP contribution in [0, 0.1) is 0 Å². The van der Waals surface area contributed by atoms with Gasteiger partial charge in [-0.25, -0.2) is 0 Å². The van der Waals surface area contributed by atoms with Gasteiger partial charge < -0.3 is 20.5 Å². The molecule has 1 aromatic carbocycles. The molecule has 3 N–H and O–H groups in total. The van der Waals surface area contributed by atoms with Crippen LogP contribution >= 0.6 is 12.4 Å². The summed E-state index contributed by atoms with van der Waals surface area (Å²) in [6, 6.07) is 5.21. The third-order valence-corrected chi connectivity index (χ3v) is 4.09. The molecule has 2 aliphatic rings. The zero-order valence-electron chi connectivity index (χ0n) is 11.9. The monoisotopic (exact) mass is 312 g/mol. The van der Waals surface area contributed by atoms with Crippen molar-refractivity contribution >= 4 is 18.3 Å². The van der Waals surface area contributed by atoms with E-state index in [0.717, 1.165) is 25.7 Å². The van der Waals surface area contributed by atoms with Crippen LogP contribution in [-0.4, -0.2) is 24.8 Å². The van der Waals surface area contributed by atoms with Crippen molar-refractivity contribution in [2.45, 2.75) is 37.6 Å². The predicted molar refractivity (Wildman–Crippen MR) is 82.1 cm³/mol. The van der Waals surface area contributed by atoms with Crippen LogP contribution in [0.3, 0.4) is 0 Å². The van der Waals surface area contributed by atoms with Gasteiger partial charge in [-0.1, -0.05) is 19.3 Å². The maximum atomic E-state index is 12.2. The number of halogens is 1. The Morgan fingerprint density at radius 2 is 1.90 bits per heavy atom. The molecule has 0 unspecified atom stereocenters. The summed E-state index contributed by atoms with van der Waals surface area (Å²) in [5, 5.41) is 2.94. The Morgan fingerprint density at radius 1 is 1.19 bits per heavy atom. The summed E-state index contributed by atoms with van der Waals surface area (Å²) in [4.78, 5) is 12.2. The number of amides is 1. The number of hydrogen-bond acceptors (Lipinski definition) is 4. The Balaban J connectivity index is 0.00000161. The Morgan fingerprint density at radius 3 is 2.67 bits per heavy atom. The van der Waals surface area contributed by atoms with Gasteiger partial charge in [-0.3, -0.25) is 4.79 Å². The van der Waals surface area contributed by atoms with Gasteiger partial charge in [0.05, 0.1) is 0 Å². The fourth-order valence-electron chi connectivity index (χ4n) is 2.83. The Labute approximate surface area is 130 Å². The molecule has 5 nitrogen and oxygen atoms in total. The molecular formula is C15H21ClN2O3. The largest absolute Gasteiger partial charge is 0.454 e. The summed E-state index contributed by atoms with van der Waals surface area (Å²) in [5.74, 6) is 1.20. The van der Waals surface area contributed by atoms with E-state index in [-0.39, 0.29) is 30.6 Å². The molecule has 0 bridgehead atoms. The van der Waals surface area contributed by atoms with Gasteiger partial charge in [-0.05, 0) is 31.0 Å². The number of benzene rings is 1. The number of hydrogen-bond donors (Lipinski definition) is 2. The van der Waals surface area contributed by atoms with Gasteiger partial charge in [0, 0.05) is 17.6 Å². The third kappa shape index (κ3) is 3.60. The molecule has 3 rings (SSSR count). The highest BCUT2D eigenvalue weighted by atomic mass is 35.5. The van der Waals surface area contributed by atoms with E-state index in [9.17, 15) is 4.79 Å². The van der Waals surface area contributed by atoms with Gasteiger partial charge in [-0.15, -0.1) is 12.4 Å². The van der Waals surface area contributed by atoms with E-state index in [1.54, 1.807) is 18.2 Å². The van der Waals surface area contributed by atoms with E-state index in [1.807, 2.05) is 0 Å². The third-order valence-electron chi connectivity index (χ3n) is 4.09. The maximum absolute atomic E-state index is 12.2. The van der Waals surface area contributed by atoms with Crippen molar-refractivity contribution in [3.05, 3.63) is 23.8 Å². The lowest BCUT2D eigenvalue weighted by Crippen LogP contribution is -2.51. The lowest BCUT2D eigenvalue weighted by molar-refractivity contribution is 0.0937. The normalized spacial score (nSPS) is 18.7. The smallest absolute Gasteiger partial charge is 0.251 e. The molecule has 21 heavy (non-hydrogen) atoms. The first-order valence-electron chi connectivity index (χ1n) is 7.13. The number of fused-ring (bicyclic) bond motifs is 1. The van der Waals surface area contributed by atoms with Crippen LogP contribution < -0.4 is 20.5 Å². The lowest BCUT2D eigenvalue weighted by atomic mass is 9.82. The number of nitrogens with two attached hydrogens (primary N) is 1. The molecule has 6 heteroatoms. The zero-order valence-corrected chi connectivity index (χ0v) is 12.7. The summed E-state index contributed by atoms with van der Waals surface area (Å²) in [5.41, 5.74) is 6.65. The second-order valence-corrected chi connectivity index (χ2v) is 5.67. The van der Waals surface area contributed by atoms with Crippen LogP contribution in [0.15, 0.2) is 18.2 Å². The van der Waals surface area contributed by atoms with Crippen LogP contribution in [0.1, 0.15) is 42.5 Å². The minimum absolute atomic E-state index is 0. The van der Waals surface area contributed by atoms with Crippen molar-refractivity contribution in [2.75, 3.05) is 13.3 Å². The molecule has 0 saturated heterocycles. The highest BCUT2D eigenvalue weighted by Gasteiger charge is 2.28. The second-order valence-electron chi connectivity index (χ2n) is 5.67. The van der Waals surface area contributed by atoms with E-state index < -0.39 is 0 Å². The average Bonchev–Trinajstić information content (AvgIpc) is 2.93. The van der Waals surface area contributed by atoms with E-state index in [0.29, 0.717) is 23.6 Å². The first kappa shape index (κ1) is 15.9. The minimum atomic E-state index is -0.246. The second kappa shape index (κ2) is 6.54. The highest BCUT2D eigenvalue weighted by molar-refractivity contribution is 5.95. The molecule has 1 fully saturated rings. The van der Waals surface area contributed by atoms with Crippen molar-refractivity contribution in [1.82, 2.24) is 5.32 Å². The van der Waals surface area contributed by atoms with E-state index >= 15 is 0 Å². The fraction of sp³-hybridized carbons (Fsp3) is 0.533. The molecule has 0 spiro atoms. The molecule has 1 heterocycles. The van der Waals surface area contributed by atoms with Crippen molar-refractivity contribution in [3.63, 3.8) is 0 Å². The standard InChI is InChI=1S/C15H20N2O3.ClH/c16-15(6-2-1-3-7-15)9-17-14(18)11-4-5-12-13(8-11)20-10-19-12;/h4-5,8H,1-3,6-7,9-10,16H2,(H,17,18);1H.